The fourth-order valence-corrected chi connectivity index (χ4v) is 2.17. The molecule has 1 aromatic rings. The molecule has 1 N–H and O–H groups in total. The van der Waals surface area contributed by atoms with Crippen LogP contribution in [0.4, 0.5) is 0 Å². The van der Waals surface area contributed by atoms with Crippen LogP contribution in [0.2, 0.25) is 19.6 Å². The Morgan fingerprint density at radius 3 is 2.52 bits per heavy atom. The van der Waals surface area contributed by atoms with Gasteiger partial charge < -0.3 is 10.1 Å². The highest BCUT2D eigenvalue weighted by molar-refractivity contribution is 6.81. The molecule has 112 valence electrons. The van der Waals surface area contributed by atoms with Crippen molar-refractivity contribution in [1.29, 1.82) is 0 Å². The van der Waals surface area contributed by atoms with Crippen molar-refractivity contribution in [3.8, 4) is 0 Å². The molecule has 1 amide bonds. The lowest BCUT2D eigenvalue weighted by Gasteiger charge is -2.10. The minimum Gasteiger partial charge on any atom is -0.388 e. The first kappa shape index (κ1) is 16.8. The molecule has 5 nitrogen and oxygen atoms in total. The van der Waals surface area contributed by atoms with Crippen molar-refractivity contribution >= 4 is 32.5 Å². The summed E-state index contributed by atoms with van der Waals surface area (Å²) in [5.74, 6) is -1.51. The third kappa shape index (κ3) is 6.18. The number of hydrogen-bond donors (Lipinski definition) is 1. The van der Waals surface area contributed by atoms with E-state index in [9.17, 15) is 14.4 Å². The van der Waals surface area contributed by atoms with Crippen molar-refractivity contribution in [2.45, 2.75) is 19.6 Å². The largest absolute Gasteiger partial charge is 0.388 e. The van der Waals surface area contributed by atoms with Crippen molar-refractivity contribution in [1.82, 2.24) is 5.32 Å². The molecule has 0 saturated carbocycles. The van der Waals surface area contributed by atoms with Crippen LogP contribution in [0.15, 0.2) is 30.0 Å². The van der Waals surface area contributed by atoms with Gasteiger partial charge in [-0.2, -0.15) is 0 Å². The molecule has 0 atom stereocenters. The zero-order valence-corrected chi connectivity index (χ0v) is 13.4. The maximum absolute atomic E-state index is 12.0. The summed E-state index contributed by atoms with van der Waals surface area (Å²) < 4.78 is 4.69. The smallest absolute Gasteiger partial charge is 0.346 e. The third-order valence-electron chi connectivity index (χ3n) is 2.48. The van der Waals surface area contributed by atoms with E-state index >= 15 is 0 Å². The van der Waals surface area contributed by atoms with Gasteiger partial charge in [0.05, 0.1) is 13.6 Å². The number of carbonyl (C=O) groups excluding carboxylic acids is 3. The van der Waals surface area contributed by atoms with Crippen molar-refractivity contribution in [3.05, 3.63) is 41.1 Å². The molecule has 21 heavy (non-hydrogen) atoms. The number of rotatable bonds is 6. The Kier molecular flexibility index (Phi) is 6.04. The quantitative estimate of drug-likeness (QED) is 0.378. The van der Waals surface area contributed by atoms with E-state index in [2.05, 4.69) is 35.4 Å². The van der Waals surface area contributed by atoms with E-state index in [4.69, 9.17) is 0 Å². The van der Waals surface area contributed by atoms with Crippen molar-refractivity contribution in [2.75, 3.05) is 6.54 Å². The molecule has 0 heterocycles. The second-order valence-electron chi connectivity index (χ2n) is 5.55. The van der Waals surface area contributed by atoms with Gasteiger partial charge in [-0.25, -0.2) is 9.59 Å². The molecule has 0 unspecified atom stereocenters. The second kappa shape index (κ2) is 7.54. The minimum absolute atomic E-state index is 0.325. The molecule has 0 radical (unpaired) electrons. The minimum atomic E-state index is -1.40. The Morgan fingerprint density at radius 1 is 1.24 bits per heavy atom. The molecule has 0 aliphatic rings. The van der Waals surface area contributed by atoms with E-state index in [1.165, 1.54) is 0 Å². The summed E-state index contributed by atoms with van der Waals surface area (Å²) in [6, 6.07) is 6.92. The predicted octanol–water partition coefficient (Wildman–Crippen LogP) is 2.01. The molecule has 6 heteroatoms. The number of amides is 1. The average molecular weight is 305 g/mol. The van der Waals surface area contributed by atoms with E-state index in [1.54, 1.807) is 18.2 Å². The highest BCUT2D eigenvalue weighted by atomic mass is 28.3. The Bertz CT molecular complexity index is 561. The molecule has 1 aromatic carbocycles. The zero-order chi connectivity index (χ0) is 15.9. The molecule has 0 bridgehead atoms. The van der Waals surface area contributed by atoms with Gasteiger partial charge in [0.2, 0.25) is 6.41 Å². The van der Waals surface area contributed by atoms with E-state index < -0.39 is 20.0 Å². The van der Waals surface area contributed by atoms with E-state index in [1.807, 2.05) is 12.1 Å². The second-order valence-corrected chi connectivity index (χ2v) is 10.6. The molecule has 0 aromatic heterocycles. The van der Waals surface area contributed by atoms with Crippen LogP contribution >= 0.6 is 0 Å². The van der Waals surface area contributed by atoms with Crippen LogP contribution in [-0.2, 0) is 14.3 Å². The Balaban J connectivity index is 2.87. The summed E-state index contributed by atoms with van der Waals surface area (Å²) in [5, 5.41) is 2.15. The maximum Gasteiger partial charge on any atom is 0.346 e. The number of benzene rings is 1. The first-order valence-corrected chi connectivity index (χ1v) is 10.1. The Hall–Kier alpha value is -2.21. The van der Waals surface area contributed by atoms with E-state index in [0.717, 1.165) is 0 Å². The molecule has 0 spiro atoms. The van der Waals surface area contributed by atoms with Crippen LogP contribution in [0.1, 0.15) is 15.9 Å². The van der Waals surface area contributed by atoms with Crippen molar-refractivity contribution in [2.24, 2.45) is 0 Å². The average Bonchev–Trinajstić information content (AvgIpc) is 2.42. The normalized spacial score (nSPS) is 11.2. The van der Waals surface area contributed by atoms with Crippen LogP contribution < -0.4 is 5.32 Å². The number of hydrogen-bond acceptors (Lipinski definition) is 4. The lowest BCUT2D eigenvalue weighted by atomic mass is 10.1. The van der Waals surface area contributed by atoms with Gasteiger partial charge in [0.15, 0.2) is 0 Å². The first-order valence-electron chi connectivity index (χ1n) is 6.54. The van der Waals surface area contributed by atoms with Gasteiger partial charge in [0.1, 0.15) is 6.54 Å². The number of carbonyl (C=O) groups is 3. The Morgan fingerprint density at radius 2 is 1.90 bits per heavy atom. The molecule has 1 rings (SSSR count). The van der Waals surface area contributed by atoms with Gasteiger partial charge in [-0.3, -0.25) is 4.79 Å². The number of nitrogens with one attached hydrogen (secondary N) is 1. The summed E-state index contributed by atoms with van der Waals surface area (Å²) in [6.45, 7) is 6.21. The van der Waals surface area contributed by atoms with Crippen LogP contribution in [0.3, 0.4) is 0 Å². The highest BCUT2D eigenvalue weighted by Crippen LogP contribution is 2.14. The van der Waals surface area contributed by atoms with Crippen LogP contribution in [-0.4, -0.2) is 33.0 Å². The van der Waals surface area contributed by atoms with Gasteiger partial charge in [0, 0.05) is 0 Å². The third-order valence-corrected chi connectivity index (χ3v) is 3.65. The van der Waals surface area contributed by atoms with Gasteiger partial charge in [-0.15, -0.1) is 0 Å². The first-order chi connectivity index (χ1) is 9.83. The lowest BCUT2D eigenvalue weighted by Crippen LogP contribution is -2.25. The highest BCUT2D eigenvalue weighted by Gasteiger charge is 2.16. The van der Waals surface area contributed by atoms with Crippen molar-refractivity contribution in [3.63, 3.8) is 0 Å². The van der Waals surface area contributed by atoms with Gasteiger partial charge in [0.25, 0.3) is 0 Å². The summed E-state index contributed by atoms with van der Waals surface area (Å²) >= 11 is 0. The standard InChI is InChI=1S/C15H19NO4Si/c1-21(2,3)9-8-12-6-4-5-7-13(12)15(19)20-14(18)10-16-11-17/h4-9,11H,10H2,1-3H3,(H,16,17). The Labute approximate surface area is 125 Å². The predicted molar refractivity (Wildman–Crippen MR) is 83.3 cm³/mol. The SMILES string of the molecule is C[Si](C)(C)C=Cc1ccccc1C(=O)OC(=O)CNC=O. The molecule has 0 aliphatic carbocycles. The molecular weight excluding hydrogens is 286 g/mol. The van der Waals surface area contributed by atoms with Crippen LogP contribution in [0, 0.1) is 0 Å². The van der Waals surface area contributed by atoms with Crippen LogP contribution in [0.5, 0.6) is 0 Å². The molecule has 0 fully saturated rings. The van der Waals surface area contributed by atoms with Crippen LogP contribution in [0.25, 0.3) is 6.08 Å². The summed E-state index contributed by atoms with van der Waals surface area (Å²) in [7, 11) is -1.40. The van der Waals surface area contributed by atoms with E-state index in [0.29, 0.717) is 17.5 Å². The fourth-order valence-electron chi connectivity index (χ4n) is 1.49. The molecule has 0 aliphatic heterocycles. The summed E-state index contributed by atoms with van der Waals surface area (Å²) in [4.78, 5) is 33.4. The van der Waals surface area contributed by atoms with Gasteiger partial charge in [-0.05, 0) is 11.6 Å². The van der Waals surface area contributed by atoms with Crippen molar-refractivity contribution < 1.29 is 19.1 Å². The topological polar surface area (TPSA) is 72.5 Å². The lowest BCUT2D eigenvalue weighted by molar-refractivity contribution is -0.137. The summed E-state index contributed by atoms with van der Waals surface area (Å²) in [6.07, 6.45) is 2.26. The molecule has 0 saturated heterocycles. The zero-order valence-electron chi connectivity index (χ0n) is 12.4. The summed E-state index contributed by atoms with van der Waals surface area (Å²) in [5.41, 5.74) is 3.14. The monoisotopic (exact) mass is 305 g/mol. The van der Waals surface area contributed by atoms with E-state index in [-0.39, 0.29) is 6.54 Å². The number of esters is 2. The fraction of sp³-hybridized carbons (Fsp3) is 0.267. The number of ether oxygens (including phenoxy) is 1. The van der Waals surface area contributed by atoms with Gasteiger partial charge in [-0.1, -0.05) is 49.6 Å². The molecular formula is C15H19NO4Si. The van der Waals surface area contributed by atoms with Gasteiger partial charge >= 0.3 is 11.9 Å². The maximum atomic E-state index is 12.0.